The Balaban J connectivity index is 1.72. The van der Waals surface area contributed by atoms with Crippen LogP contribution in [0.25, 0.3) is 0 Å². The summed E-state index contributed by atoms with van der Waals surface area (Å²) in [6.07, 6.45) is 3.50. The van der Waals surface area contributed by atoms with E-state index in [4.69, 9.17) is 4.74 Å². The Morgan fingerprint density at radius 1 is 1.26 bits per heavy atom. The zero-order chi connectivity index (χ0) is 22.4. The van der Waals surface area contributed by atoms with E-state index < -0.39 is 0 Å². The van der Waals surface area contributed by atoms with Gasteiger partial charge in [-0.25, -0.2) is 4.99 Å². The molecule has 0 aliphatic carbocycles. The van der Waals surface area contributed by atoms with E-state index in [9.17, 15) is 9.59 Å². The maximum Gasteiger partial charge on any atom is 0.246 e. The number of nitrogens with zero attached hydrogens (tertiary/aromatic N) is 6. The monoisotopic (exact) mass is 427 g/mol. The van der Waals surface area contributed by atoms with Gasteiger partial charge in [-0.3, -0.25) is 14.3 Å². The average Bonchev–Trinajstić information content (AvgIpc) is 3.19. The number of aromatic nitrogens is 2. The molecule has 0 saturated carbocycles. The van der Waals surface area contributed by atoms with E-state index in [1.807, 2.05) is 42.4 Å². The highest BCUT2D eigenvalue weighted by atomic mass is 16.5. The minimum atomic E-state index is -0.0718. The third-order valence-corrected chi connectivity index (χ3v) is 4.99. The van der Waals surface area contributed by atoms with E-state index in [0.717, 1.165) is 17.0 Å². The van der Waals surface area contributed by atoms with E-state index in [1.165, 1.54) is 4.90 Å². The van der Waals surface area contributed by atoms with Gasteiger partial charge in [-0.05, 0) is 17.7 Å². The molecule has 1 aliphatic rings. The van der Waals surface area contributed by atoms with Gasteiger partial charge >= 0.3 is 0 Å². The number of methoxy groups -OCH3 is 1. The number of hydrogen-bond donors (Lipinski definition) is 1. The van der Waals surface area contributed by atoms with Crippen LogP contribution in [0.15, 0.2) is 41.7 Å². The molecule has 10 heteroatoms. The van der Waals surface area contributed by atoms with Gasteiger partial charge < -0.3 is 24.8 Å². The first-order valence-corrected chi connectivity index (χ1v) is 10.0. The zero-order valence-corrected chi connectivity index (χ0v) is 18.4. The molecule has 0 unspecified atom stereocenters. The predicted octanol–water partition coefficient (Wildman–Crippen LogP) is 0.311. The van der Waals surface area contributed by atoms with Crippen molar-refractivity contribution < 1.29 is 14.3 Å². The number of guanidine groups is 1. The molecule has 1 aliphatic heterocycles. The minimum absolute atomic E-state index is 0.0443. The number of carbonyl (C=O) groups excluding carboxylic acids is 2. The molecule has 0 bridgehead atoms. The first-order valence-electron chi connectivity index (χ1n) is 10.0. The Labute approximate surface area is 182 Å². The lowest BCUT2D eigenvalue weighted by Crippen LogP contribution is -2.56. The van der Waals surface area contributed by atoms with Gasteiger partial charge in [-0.1, -0.05) is 12.1 Å². The molecule has 2 amide bonds. The van der Waals surface area contributed by atoms with Crippen molar-refractivity contribution in [1.82, 2.24) is 24.9 Å². The predicted molar refractivity (Wildman–Crippen MR) is 118 cm³/mol. The molecule has 2 heterocycles. The van der Waals surface area contributed by atoms with Crippen LogP contribution in [0.5, 0.6) is 5.75 Å². The number of rotatable bonds is 6. The molecule has 2 aromatic rings. The maximum atomic E-state index is 12.8. The second-order valence-corrected chi connectivity index (χ2v) is 7.47. The van der Waals surface area contributed by atoms with Gasteiger partial charge in [0, 0.05) is 40.4 Å². The topological polar surface area (TPSA) is 95.3 Å². The molecular weight excluding hydrogens is 398 g/mol. The Morgan fingerprint density at radius 2 is 2.00 bits per heavy atom. The van der Waals surface area contributed by atoms with E-state index >= 15 is 0 Å². The third-order valence-electron chi connectivity index (χ3n) is 4.99. The van der Waals surface area contributed by atoms with Crippen molar-refractivity contribution in [3.8, 4) is 5.75 Å². The van der Waals surface area contributed by atoms with Crippen molar-refractivity contribution in [2.24, 2.45) is 12.0 Å². The van der Waals surface area contributed by atoms with Crippen molar-refractivity contribution in [2.75, 3.05) is 52.3 Å². The molecule has 1 saturated heterocycles. The van der Waals surface area contributed by atoms with E-state index in [-0.39, 0.29) is 24.9 Å². The van der Waals surface area contributed by atoms with E-state index in [1.54, 1.807) is 37.0 Å². The van der Waals surface area contributed by atoms with E-state index in [0.29, 0.717) is 25.6 Å². The standard InChI is InChI=1S/C21H29N7O3/c1-25(2)19(29)13-23-21(22-11-16-5-7-18(31-4)8-6-16)27-9-10-28(20(30)15-27)17-12-24-26(3)14-17/h5-8,12,14H,9-11,13,15H2,1-4H3,(H,22,23). The average molecular weight is 428 g/mol. The number of ether oxygens (including phenoxy) is 1. The summed E-state index contributed by atoms with van der Waals surface area (Å²) >= 11 is 0. The fraction of sp³-hybridized carbons (Fsp3) is 0.429. The molecule has 1 N–H and O–H groups in total. The lowest BCUT2D eigenvalue weighted by atomic mass is 10.2. The van der Waals surface area contributed by atoms with Crippen LogP contribution >= 0.6 is 0 Å². The summed E-state index contributed by atoms with van der Waals surface area (Å²) in [4.78, 5) is 34.6. The second kappa shape index (κ2) is 9.96. The molecule has 3 rings (SSSR count). The first kappa shape index (κ1) is 22.1. The van der Waals surface area contributed by atoms with Crippen LogP contribution in [0.2, 0.25) is 0 Å². The Bertz CT molecular complexity index is 937. The maximum absolute atomic E-state index is 12.8. The minimum Gasteiger partial charge on any atom is -0.497 e. The summed E-state index contributed by atoms with van der Waals surface area (Å²) < 4.78 is 6.86. The summed E-state index contributed by atoms with van der Waals surface area (Å²) in [6.45, 7) is 1.78. The quantitative estimate of drug-likeness (QED) is 0.527. The smallest absolute Gasteiger partial charge is 0.246 e. The molecule has 10 nitrogen and oxygen atoms in total. The molecule has 0 radical (unpaired) electrons. The SMILES string of the molecule is COc1ccc(CN=C(NCC(=O)N(C)C)N2CCN(c3cnn(C)c3)C(=O)C2)cc1. The number of benzene rings is 1. The first-order chi connectivity index (χ1) is 14.9. The van der Waals surface area contributed by atoms with Crippen LogP contribution in [-0.4, -0.2) is 84.7 Å². The summed E-state index contributed by atoms with van der Waals surface area (Å²) in [5, 5.41) is 7.26. The molecule has 0 atom stereocenters. The van der Waals surface area contributed by atoms with Crippen LogP contribution in [0.1, 0.15) is 5.56 Å². The molecule has 1 aromatic heterocycles. The Kier molecular flexibility index (Phi) is 7.11. The van der Waals surface area contributed by atoms with Crippen molar-refractivity contribution in [1.29, 1.82) is 0 Å². The summed E-state index contributed by atoms with van der Waals surface area (Å²) in [7, 11) is 6.85. The van der Waals surface area contributed by atoms with Gasteiger partial charge in [0.1, 0.15) is 12.3 Å². The van der Waals surface area contributed by atoms with E-state index in [2.05, 4.69) is 15.4 Å². The van der Waals surface area contributed by atoms with Gasteiger partial charge in [-0.2, -0.15) is 5.10 Å². The fourth-order valence-electron chi connectivity index (χ4n) is 3.15. The Morgan fingerprint density at radius 3 is 2.58 bits per heavy atom. The second-order valence-electron chi connectivity index (χ2n) is 7.47. The highest BCUT2D eigenvalue weighted by Gasteiger charge is 2.28. The van der Waals surface area contributed by atoms with Gasteiger partial charge in [0.15, 0.2) is 5.96 Å². The molecule has 166 valence electrons. The van der Waals surface area contributed by atoms with Gasteiger partial charge in [-0.15, -0.1) is 0 Å². The third kappa shape index (κ3) is 5.74. The lowest BCUT2D eigenvalue weighted by Gasteiger charge is -2.35. The van der Waals surface area contributed by atoms with Gasteiger partial charge in [0.2, 0.25) is 11.8 Å². The molecule has 1 aromatic carbocycles. The number of hydrogen-bond acceptors (Lipinski definition) is 5. The highest BCUT2D eigenvalue weighted by molar-refractivity contribution is 5.98. The van der Waals surface area contributed by atoms with Crippen molar-refractivity contribution in [2.45, 2.75) is 6.54 Å². The molecule has 31 heavy (non-hydrogen) atoms. The lowest BCUT2D eigenvalue weighted by molar-refractivity contribution is -0.127. The van der Waals surface area contributed by atoms with Crippen LogP contribution in [0, 0.1) is 0 Å². The number of likely N-dealkylation sites (N-methyl/N-ethyl adjacent to an activating group) is 1. The molecule has 1 fully saturated rings. The van der Waals surface area contributed by atoms with Crippen molar-refractivity contribution in [3.05, 3.63) is 42.2 Å². The van der Waals surface area contributed by atoms with Gasteiger partial charge in [0.25, 0.3) is 0 Å². The van der Waals surface area contributed by atoms with Gasteiger partial charge in [0.05, 0.1) is 32.1 Å². The molecule has 0 spiro atoms. The molecular formula is C21H29N7O3. The number of aryl methyl sites for hydroxylation is 1. The number of aliphatic imine (C=N–C) groups is 1. The number of nitrogens with one attached hydrogen (secondary N) is 1. The zero-order valence-electron chi connectivity index (χ0n) is 18.4. The van der Waals surface area contributed by atoms with Crippen LogP contribution in [0.4, 0.5) is 5.69 Å². The summed E-state index contributed by atoms with van der Waals surface area (Å²) in [5.74, 6) is 1.19. The van der Waals surface area contributed by atoms with Crippen LogP contribution in [-0.2, 0) is 23.2 Å². The number of anilines is 1. The van der Waals surface area contributed by atoms with Crippen molar-refractivity contribution >= 4 is 23.5 Å². The Hall–Kier alpha value is -3.56. The highest BCUT2D eigenvalue weighted by Crippen LogP contribution is 2.16. The van der Waals surface area contributed by atoms with Crippen molar-refractivity contribution in [3.63, 3.8) is 0 Å². The largest absolute Gasteiger partial charge is 0.497 e. The number of carbonyl (C=O) groups is 2. The summed E-state index contributed by atoms with van der Waals surface area (Å²) in [6, 6.07) is 7.64. The van der Waals surface area contributed by atoms with Crippen LogP contribution < -0.4 is 15.0 Å². The normalized spacial score (nSPS) is 14.6. The number of piperazine rings is 1. The fourth-order valence-corrected chi connectivity index (χ4v) is 3.15. The van der Waals surface area contributed by atoms with Crippen LogP contribution in [0.3, 0.4) is 0 Å². The summed E-state index contributed by atoms with van der Waals surface area (Å²) in [5.41, 5.74) is 1.78. The number of amides is 2.